The van der Waals surface area contributed by atoms with Crippen LogP contribution < -0.4 is 5.32 Å². The van der Waals surface area contributed by atoms with E-state index in [0.29, 0.717) is 0 Å². The van der Waals surface area contributed by atoms with Gasteiger partial charge in [-0.25, -0.2) is 9.07 Å². The van der Waals surface area contributed by atoms with Crippen molar-refractivity contribution in [2.45, 2.75) is 58.5 Å². The smallest absolute Gasteiger partial charge is 0.237 e. The Labute approximate surface area is 160 Å². The van der Waals surface area contributed by atoms with Gasteiger partial charge in [0.05, 0.1) is 24.0 Å². The normalized spacial score (nSPS) is 19.0. The summed E-state index contributed by atoms with van der Waals surface area (Å²) in [6, 6.07) is 6.09. The summed E-state index contributed by atoms with van der Waals surface area (Å²) in [5.74, 6) is -0.168. The second-order valence-corrected chi connectivity index (χ2v) is 7.35. The minimum atomic E-state index is -0.270. The largest absolute Gasteiger partial charge is 0.348 e. The predicted molar refractivity (Wildman–Crippen MR) is 104 cm³/mol. The van der Waals surface area contributed by atoms with Crippen LogP contribution in [0.15, 0.2) is 30.5 Å². The summed E-state index contributed by atoms with van der Waals surface area (Å²) in [5, 5.41) is 7.61. The van der Waals surface area contributed by atoms with E-state index in [4.69, 9.17) is 0 Å². The van der Waals surface area contributed by atoms with Gasteiger partial charge in [-0.3, -0.25) is 9.69 Å². The van der Waals surface area contributed by atoms with Crippen LogP contribution in [0.3, 0.4) is 0 Å². The maximum absolute atomic E-state index is 13.2. The molecule has 1 aromatic carbocycles. The number of carbonyl (C=O) groups is 1. The monoisotopic (exact) mass is 372 g/mol. The Morgan fingerprint density at radius 1 is 1.33 bits per heavy atom. The number of hydrogen-bond donors (Lipinski definition) is 1. The summed E-state index contributed by atoms with van der Waals surface area (Å²) in [6.07, 6.45) is 6.04. The molecular formula is C21H29FN4O. The third-order valence-electron chi connectivity index (χ3n) is 5.37. The van der Waals surface area contributed by atoms with Crippen LogP contribution in [0, 0.1) is 12.7 Å². The van der Waals surface area contributed by atoms with Crippen LogP contribution in [0.5, 0.6) is 0 Å². The number of nitrogens with one attached hydrogen (secondary N) is 1. The predicted octanol–water partition coefficient (Wildman–Crippen LogP) is 3.76. The van der Waals surface area contributed by atoms with Gasteiger partial charge in [0.15, 0.2) is 0 Å². The van der Waals surface area contributed by atoms with Crippen molar-refractivity contribution in [2.24, 2.45) is 0 Å². The lowest BCUT2D eigenvalue weighted by Gasteiger charge is -2.35. The Balaban J connectivity index is 1.71. The topological polar surface area (TPSA) is 50.2 Å². The first-order valence-corrected chi connectivity index (χ1v) is 9.86. The maximum Gasteiger partial charge on any atom is 0.237 e. The van der Waals surface area contributed by atoms with Crippen LogP contribution in [0.2, 0.25) is 0 Å². The first-order chi connectivity index (χ1) is 13.0. The van der Waals surface area contributed by atoms with E-state index in [-0.39, 0.29) is 23.8 Å². The van der Waals surface area contributed by atoms with Crippen LogP contribution in [-0.2, 0) is 4.79 Å². The number of benzene rings is 1. The van der Waals surface area contributed by atoms with Gasteiger partial charge in [-0.05, 0) is 70.5 Å². The zero-order valence-corrected chi connectivity index (χ0v) is 16.4. The van der Waals surface area contributed by atoms with Crippen LogP contribution in [-0.4, -0.2) is 39.7 Å². The van der Waals surface area contributed by atoms with E-state index in [1.165, 1.54) is 18.6 Å². The highest BCUT2D eigenvalue weighted by molar-refractivity contribution is 5.82. The Bertz CT molecular complexity index is 769. The SMILES string of the molecule is CCCN1CCCCC1C(=O)NC(C)c1cnn(-c2ccc(F)cc2)c1C. The molecule has 0 aliphatic carbocycles. The number of likely N-dealkylation sites (tertiary alicyclic amines) is 1. The average molecular weight is 372 g/mol. The highest BCUT2D eigenvalue weighted by atomic mass is 19.1. The third-order valence-corrected chi connectivity index (χ3v) is 5.37. The molecule has 2 heterocycles. The quantitative estimate of drug-likeness (QED) is 0.840. The number of piperidine rings is 1. The molecule has 1 aliphatic heterocycles. The lowest BCUT2D eigenvalue weighted by Crippen LogP contribution is -2.50. The molecule has 0 saturated carbocycles. The molecule has 1 N–H and O–H groups in total. The maximum atomic E-state index is 13.2. The highest BCUT2D eigenvalue weighted by Gasteiger charge is 2.29. The molecule has 0 bridgehead atoms. The fraction of sp³-hybridized carbons (Fsp3) is 0.524. The van der Waals surface area contributed by atoms with Crippen molar-refractivity contribution in [1.82, 2.24) is 20.0 Å². The molecule has 27 heavy (non-hydrogen) atoms. The lowest BCUT2D eigenvalue weighted by molar-refractivity contribution is -0.128. The summed E-state index contributed by atoms with van der Waals surface area (Å²) >= 11 is 0. The van der Waals surface area contributed by atoms with E-state index < -0.39 is 0 Å². The summed E-state index contributed by atoms with van der Waals surface area (Å²) < 4.78 is 14.9. The molecule has 1 fully saturated rings. The number of nitrogens with zero attached hydrogens (tertiary/aromatic N) is 3. The van der Waals surface area contributed by atoms with E-state index in [0.717, 1.165) is 49.3 Å². The van der Waals surface area contributed by atoms with Gasteiger partial charge in [0.2, 0.25) is 5.91 Å². The number of hydrogen-bond acceptors (Lipinski definition) is 3. The molecule has 2 aromatic rings. The first kappa shape index (κ1) is 19.5. The molecule has 1 aromatic heterocycles. The van der Waals surface area contributed by atoms with Crippen LogP contribution in [0.4, 0.5) is 4.39 Å². The van der Waals surface area contributed by atoms with Gasteiger partial charge in [0.25, 0.3) is 0 Å². The Morgan fingerprint density at radius 3 is 2.78 bits per heavy atom. The lowest BCUT2D eigenvalue weighted by atomic mass is 10.00. The fourth-order valence-corrected chi connectivity index (χ4v) is 3.92. The number of amides is 1. The third kappa shape index (κ3) is 4.38. The molecule has 2 atom stereocenters. The van der Waals surface area contributed by atoms with Crippen molar-refractivity contribution >= 4 is 5.91 Å². The summed E-state index contributed by atoms with van der Waals surface area (Å²) in [7, 11) is 0. The minimum absolute atomic E-state index is 0.0337. The molecule has 1 aliphatic rings. The van der Waals surface area contributed by atoms with Crippen LogP contribution >= 0.6 is 0 Å². The first-order valence-electron chi connectivity index (χ1n) is 9.86. The van der Waals surface area contributed by atoms with Gasteiger partial charge in [0, 0.05) is 11.3 Å². The summed E-state index contributed by atoms with van der Waals surface area (Å²) in [5.41, 5.74) is 2.73. The molecule has 6 heteroatoms. The number of halogens is 1. The van der Waals surface area contributed by atoms with E-state index in [1.54, 1.807) is 23.0 Å². The number of aromatic nitrogens is 2. The fourth-order valence-electron chi connectivity index (χ4n) is 3.92. The summed E-state index contributed by atoms with van der Waals surface area (Å²) in [6.45, 7) is 8.08. The summed E-state index contributed by atoms with van der Waals surface area (Å²) in [4.78, 5) is 15.2. The minimum Gasteiger partial charge on any atom is -0.348 e. The average Bonchev–Trinajstić information content (AvgIpc) is 3.04. The highest BCUT2D eigenvalue weighted by Crippen LogP contribution is 2.22. The van der Waals surface area contributed by atoms with Gasteiger partial charge in [0.1, 0.15) is 5.82 Å². The zero-order chi connectivity index (χ0) is 19.4. The zero-order valence-electron chi connectivity index (χ0n) is 16.4. The molecule has 1 amide bonds. The number of rotatable bonds is 6. The molecule has 5 nitrogen and oxygen atoms in total. The van der Waals surface area contributed by atoms with Crippen LogP contribution in [0.25, 0.3) is 5.69 Å². The molecule has 146 valence electrons. The van der Waals surface area contributed by atoms with Gasteiger partial charge in [-0.15, -0.1) is 0 Å². The Morgan fingerprint density at radius 2 is 2.07 bits per heavy atom. The molecule has 3 rings (SSSR count). The van der Waals surface area contributed by atoms with E-state index in [9.17, 15) is 9.18 Å². The van der Waals surface area contributed by atoms with Crippen molar-refractivity contribution in [2.75, 3.05) is 13.1 Å². The van der Waals surface area contributed by atoms with Crippen molar-refractivity contribution in [3.05, 3.63) is 47.5 Å². The molecule has 1 saturated heterocycles. The van der Waals surface area contributed by atoms with Crippen molar-refractivity contribution < 1.29 is 9.18 Å². The molecule has 0 spiro atoms. The standard InChI is InChI=1S/C21H29FN4O/c1-4-12-25-13-6-5-7-20(25)21(27)24-15(2)19-14-23-26(16(19)3)18-10-8-17(22)9-11-18/h8-11,14-15,20H,4-7,12-13H2,1-3H3,(H,24,27). The molecule has 2 unspecified atom stereocenters. The second-order valence-electron chi connectivity index (χ2n) is 7.35. The van der Waals surface area contributed by atoms with Gasteiger partial charge in [-0.2, -0.15) is 5.10 Å². The van der Waals surface area contributed by atoms with Crippen molar-refractivity contribution in [3.63, 3.8) is 0 Å². The second kappa shape index (κ2) is 8.65. The van der Waals surface area contributed by atoms with Gasteiger partial charge in [-0.1, -0.05) is 13.3 Å². The van der Waals surface area contributed by atoms with Gasteiger partial charge >= 0.3 is 0 Å². The van der Waals surface area contributed by atoms with Gasteiger partial charge < -0.3 is 5.32 Å². The number of carbonyl (C=O) groups excluding carboxylic acids is 1. The Hall–Kier alpha value is -2.21. The van der Waals surface area contributed by atoms with Crippen molar-refractivity contribution in [1.29, 1.82) is 0 Å². The van der Waals surface area contributed by atoms with Crippen LogP contribution in [0.1, 0.15) is 56.8 Å². The molecular weight excluding hydrogens is 343 g/mol. The van der Waals surface area contributed by atoms with E-state index >= 15 is 0 Å². The van der Waals surface area contributed by atoms with Crippen molar-refractivity contribution in [3.8, 4) is 5.69 Å². The van der Waals surface area contributed by atoms with E-state index in [2.05, 4.69) is 22.2 Å². The molecule has 0 radical (unpaired) electrons. The van der Waals surface area contributed by atoms with E-state index in [1.807, 2.05) is 13.8 Å². The Kier molecular flexibility index (Phi) is 6.26.